The van der Waals surface area contributed by atoms with Crippen molar-refractivity contribution in [1.29, 1.82) is 0 Å². The van der Waals surface area contributed by atoms with Crippen molar-refractivity contribution in [2.45, 2.75) is 82.6 Å². The summed E-state index contributed by atoms with van der Waals surface area (Å²) in [5, 5.41) is 11.9. The Labute approximate surface area is 235 Å². The predicted octanol–water partition coefficient (Wildman–Crippen LogP) is 3.79. The second kappa shape index (κ2) is 15.3. The number of hydrogen-bond donors (Lipinski definition) is 2. The second-order valence-electron chi connectivity index (χ2n) is 9.67. The zero-order chi connectivity index (χ0) is 29.8. The number of esters is 1. The fraction of sp³-hybridized carbons (Fsp3) is 0.536. The van der Waals surface area contributed by atoms with Crippen LogP contribution in [-0.2, 0) is 30.2 Å². The summed E-state index contributed by atoms with van der Waals surface area (Å²) in [5.41, 5.74) is -0.284. The number of rotatable bonds is 15. The lowest BCUT2D eigenvalue weighted by Gasteiger charge is -2.24. The number of carbonyl (C=O) groups excluding carboxylic acids is 3. The largest absolute Gasteiger partial charge is 0.453 e. The zero-order valence-corrected chi connectivity index (χ0v) is 22.8. The summed E-state index contributed by atoms with van der Waals surface area (Å²) in [6.07, 6.45) is -2.51. The Morgan fingerprint density at radius 1 is 1.10 bits per heavy atom. The lowest BCUT2D eigenvalue weighted by atomic mass is 10.0. The maximum absolute atomic E-state index is 15.3. The van der Waals surface area contributed by atoms with Crippen molar-refractivity contribution in [2.75, 3.05) is 18.5 Å². The Kier molecular flexibility index (Phi) is 11.9. The van der Waals surface area contributed by atoms with Gasteiger partial charge >= 0.3 is 23.7 Å². The third-order valence-corrected chi connectivity index (χ3v) is 6.41. The minimum atomic E-state index is -3.90. The number of aliphatic hydroxyl groups excluding tert-OH is 1. The summed E-state index contributed by atoms with van der Waals surface area (Å²) in [6.45, 7) is 1.27. The van der Waals surface area contributed by atoms with Gasteiger partial charge in [0, 0.05) is 25.5 Å². The van der Waals surface area contributed by atoms with E-state index in [4.69, 9.17) is 14.2 Å². The minimum absolute atomic E-state index is 0.00684. The van der Waals surface area contributed by atoms with Crippen LogP contribution in [0.5, 0.6) is 0 Å². The molecular formula is C28H35F2N3O8. The molecule has 3 rings (SSSR count). The molecule has 1 aromatic heterocycles. The molecule has 1 aliphatic heterocycles. The van der Waals surface area contributed by atoms with Crippen molar-refractivity contribution in [2.24, 2.45) is 0 Å². The van der Waals surface area contributed by atoms with Crippen molar-refractivity contribution in [3.63, 3.8) is 0 Å². The van der Waals surface area contributed by atoms with Crippen LogP contribution >= 0.6 is 0 Å². The maximum atomic E-state index is 15.3. The highest BCUT2D eigenvalue weighted by Gasteiger charge is 2.62. The first kappa shape index (κ1) is 31.8. The molecule has 1 fully saturated rings. The number of unbranched alkanes of at least 4 members (excludes halogenated alkanes) is 3. The number of alkyl halides is 2. The maximum Gasteiger partial charge on any atom is 0.412 e. The number of ketones is 1. The van der Waals surface area contributed by atoms with Gasteiger partial charge in [-0.1, -0.05) is 50.1 Å². The molecule has 11 nitrogen and oxygen atoms in total. The van der Waals surface area contributed by atoms with Crippen LogP contribution in [0.25, 0.3) is 0 Å². The first-order valence-electron chi connectivity index (χ1n) is 13.6. The van der Waals surface area contributed by atoms with Gasteiger partial charge in [-0.25, -0.2) is 9.59 Å². The minimum Gasteiger partial charge on any atom is -0.453 e. The number of aromatic nitrogens is 2. The lowest BCUT2D eigenvalue weighted by Crippen LogP contribution is -2.44. The Balaban J connectivity index is 1.53. The summed E-state index contributed by atoms with van der Waals surface area (Å²) in [6, 6.07) is 10.3. The smallest absolute Gasteiger partial charge is 0.412 e. The van der Waals surface area contributed by atoms with E-state index >= 15 is 8.78 Å². The van der Waals surface area contributed by atoms with Crippen molar-refractivity contribution in [1.82, 2.24) is 9.55 Å². The standard InChI is InChI=1S/C28H35F2N3O8/c1-2-3-9-16-39-27(38)32-22-14-15-33(26(37)31-22)25-28(29,30)24(21(18-34)40-25)41-23(36)13-8-7-12-20(35)17-19-10-5-4-6-11-19/h4-6,10-11,14-15,21,24-25,34H,2-3,7-9,12-13,16-18H2,1H3,(H,31,32,37,38)/t21-,24-,25-/m1/s1. The molecule has 3 atom stereocenters. The van der Waals surface area contributed by atoms with Gasteiger partial charge in [-0.2, -0.15) is 13.8 Å². The molecule has 13 heteroatoms. The number of benzene rings is 1. The lowest BCUT2D eigenvalue weighted by molar-refractivity contribution is -0.176. The number of amides is 1. The van der Waals surface area contributed by atoms with Crippen LogP contribution in [0.2, 0.25) is 0 Å². The van der Waals surface area contributed by atoms with Crippen molar-refractivity contribution in [3.8, 4) is 0 Å². The Bertz CT molecular complexity index is 1220. The molecule has 1 aliphatic rings. The van der Waals surface area contributed by atoms with Gasteiger partial charge in [0.1, 0.15) is 17.7 Å². The van der Waals surface area contributed by atoms with E-state index in [0.29, 0.717) is 17.4 Å². The summed E-state index contributed by atoms with van der Waals surface area (Å²) >= 11 is 0. The molecule has 1 aromatic carbocycles. The van der Waals surface area contributed by atoms with E-state index < -0.39 is 48.7 Å². The molecule has 2 N–H and O–H groups in total. The SMILES string of the molecule is CCCCCOC(=O)Nc1ccn([C@@H]2O[C@H](CO)[C@@H](OC(=O)CCCCC(=O)Cc3ccccc3)C2(F)F)c(=O)n1. The van der Waals surface area contributed by atoms with Gasteiger partial charge in [-0.05, 0) is 30.9 Å². The zero-order valence-electron chi connectivity index (χ0n) is 22.8. The third-order valence-electron chi connectivity index (χ3n) is 6.41. The summed E-state index contributed by atoms with van der Waals surface area (Å²) in [7, 11) is 0. The van der Waals surface area contributed by atoms with E-state index in [1.807, 2.05) is 37.3 Å². The van der Waals surface area contributed by atoms with E-state index in [1.165, 1.54) is 0 Å². The highest BCUT2D eigenvalue weighted by Crippen LogP contribution is 2.44. The van der Waals surface area contributed by atoms with Gasteiger partial charge in [-0.3, -0.25) is 19.5 Å². The Morgan fingerprint density at radius 3 is 2.51 bits per heavy atom. The van der Waals surface area contributed by atoms with E-state index in [1.54, 1.807) is 0 Å². The highest BCUT2D eigenvalue weighted by molar-refractivity contribution is 5.83. The Hall–Kier alpha value is -3.71. The number of halogens is 2. The highest BCUT2D eigenvalue weighted by atomic mass is 19.3. The van der Waals surface area contributed by atoms with Crippen LogP contribution < -0.4 is 11.0 Å². The number of hydrogen-bond acceptors (Lipinski definition) is 9. The van der Waals surface area contributed by atoms with Gasteiger partial charge in [0.05, 0.1) is 13.2 Å². The molecule has 0 spiro atoms. The number of carbonyl (C=O) groups is 3. The average molecular weight is 580 g/mol. The number of Topliss-reactive ketones (excluding diaryl/α,β-unsaturated/α-hetero) is 1. The topological polar surface area (TPSA) is 146 Å². The van der Waals surface area contributed by atoms with E-state index in [2.05, 4.69) is 10.3 Å². The van der Waals surface area contributed by atoms with E-state index in [-0.39, 0.29) is 43.9 Å². The average Bonchev–Trinajstić information content (AvgIpc) is 3.18. The van der Waals surface area contributed by atoms with Gasteiger partial charge < -0.3 is 19.3 Å². The van der Waals surface area contributed by atoms with E-state index in [0.717, 1.165) is 30.7 Å². The van der Waals surface area contributed by atoms with Crippen LogP contribution in [0.1, 0.15) is 63.7 Å². The van der Waals surface area contributed by atoms with Crippen molar-refractivity contribution < 1.29 is 42.5 Å². The van der Waals surface area contributed by atoms with E-state index in [9.17, 15) is 24.3 Å². The molecule has 2 heterocycles. The summed E-state index contributed by atoms with van der Waals surface area (Å²) in [4.78, 5) is 52.4. The summed E-state index contributed by atoms with van der Waals surface area (Å²) in [5.74, 6) is -5.06. The molecule has 1 amide bonds. The molecule has 0 saturated carbocycles. The monoisotopic (exact) mass is 579 g/mol. The molecule has 41 heavy (non-hydrogen) atoms. The molecule has 0 unspecified atom stereocenters. The number of nitrogens with one attached hydrogen (secondary N) is 1. The first-order valence-corrected chi connectivity index (χ1v) is 13.6. The molecule has 0 bridgehead atoms. The van der Waals surface area contributed by atoms with Crippen LogP contribution in [0.4, 0.5) is 19.4 Å². The normalized spacial score (nSPS) is 19.5. The number of ether oxygens (including phenoxy) is 3. The van der Waals surface area contributed by atoms with Crippen LogP contribution in [0.3, 0.4) is 0 Å². The van der Waals surface area contributed by atoms with Gasteiger partial charge in [0.25, 0.3) is 0 Å². The van der Waals surface area contributed by atoms with Gasteiger partial charge in [0.2, 0.25) is 6.23 Å². The second-order valence-corrected chi connectivity index (χ2v) is 9.67. The predicted molar refractivity (Wildman–Crippen MR) is 142 cm³/mol. The van der Waals surface area contributed by atoms with Crippen molar-refractivity contribution >= 4 is 23.7 Å². The molecule has 224 valence electrons. The molecule has 1 saturated heterocycles. The number of nitrogens with zero attached hydrogens (tertiary/aromatic N) is 2. The number of anilines is 1. The van der Waals surface area contributed by atoms with Crippen LogP contribution in [0, 0.1) is 0 Å². The molecule has 0 aliphatic carbocycles. The summed E-state index contributed by atoms with van der Waals surface area (Å²) < 4.78 is 46.3. The van der Waals surface area contributed by atoms with Crippen LogP contribution in [-0.4, -0.2) is 63.8 Å². The Morgan fingerprint density at radius 2 is 1.83 bits per heavy atom. The van der Waals surface area contributed by atoms with Crippen LogP contribution in [0.15, 0.2) is 47.4 Å². The first-order chi connectivity index (χ1) is 19.6. The molecular weight excluding hydrogens is 544 g/mol. The fourth-order valence-electron chi connectivity index (χ4n) is 4.28. The van der Waals surface area contributed by atoms with Crippen molar-refractivity contribution in [3.05, 3.63) is 58.6 Å². The molecule has 2 aromatic rings. The number of aliphatic hydroxyl groups is 1. The van der Waals surface area contributed by atoms with Gasteiger partial charge in [-0.15, -0.1) is 0 Å². The van der Waals surface area contributed by atoms with Gasteiger partial charge in [0.15, 0.2) is 6.10 Å². The fourth-order valence-corrected chi connectivity index (χ4v) is 4.28. The molecule has 0 radical (unpaired) electrons. The third kappa shape index (κ3) is 9.15. The quantitative estimate of drug-likeness (QED) is 0.238.